The van der Waals surface area contributed by atoms with E-state index in [9.17, 15) is 13.2 Å². The monoisotopic (exact) mass is 277 g/mol. The van der Waals surface area contributed by atoms with Gasteiger partial charge in [-0.2, -0.15) is 11.8 Å². The van der Waals surface area contributed by atoms with Gasteiger partial charge in [-0.1, -0.05) is 6.92 Å². The van der Waals surface area contributed by atoms with Gasteiger partial charge in [0.1, 0.15) is 0 Å². The van der Waals surface area contributed by atoms with Crippen molar-refractivity contribution in [1.29, 1.82) is 0 Å². The molecule has 1 rings (SSSR count). The zero-order chi connectivity index (χ0) is 12.9. The fourth-order valence-electron chi connectivity index (χ4n) is 1.19. The summed E-state index contributed by atoms with van der Waals surface area (Å²) in [6, 6.07) is 2.41. The molecule has 0 aliphatic rings. The van der Waals surface area contributed by atoms with Crippen molar-refractivity contribution in [1.82, 2.24) is 4.72 Å². The minimum Gasteiger partial charge on any atom is -0.440 e. The third-order valence-corrected chi connectivity index (χ3v) is 4.52. The number of furan rings is 1. The molecule has 1 aromatic heterocycles. The normalized spacial score (nSPS) is 13.5. The highest BCUT2D eigenvalue weighted by molar-refractivity contribution is 7.99. The number of carbonyl (C=O) groups is 1. The number of thioether (sulfide) groups is 1. The van der Waals surface area contributed by atoms with Crippen molar-refractivity contribution in [3.05, 3.63) is 17.9 Å². The van der Waals surface area contributed by atoms with E-state index in [1.165, 1.54) is 12.1 Å². The average molecular weight is 277 g/mol. The molecule has 1 heterocycles. The molecule has 0 spiro atoms. The molecule has 0 aliphatic heterocycles. The molecule has 0 aliphatic carbocycles. The third-order valence-electron chi connectivity index (χ3n) is 1.91. The number of rotatable bonds is 7. The van der Waals surface area contributed by atoms with Gasteiger partial charge in [0.2, 0.25) is 5.09 Å². The second-order valence-electron chi connectivity index (χ2n) is 3.46. The van der Waals surface area contributed by atoms with Gasteiger partial charge in [-0.15, -0.1) is 0 Å². The van der Waals surface area contributed by atoms with Crippen LogP contribution in [0.15, 0.2) is 21.6 Å². The highest BCUT2D eigenvalue weighted by Crippen LogP contribution is 2.13. The average Bonchev–Trinajstić information content (AvgIpc) is 2.75. The molecule has 17 heavy (non-hydrogen) atoms. The maximum Gasteiger partial charge on any atom is 0.274 e. The van der Waals surface area contributed by atoms with Gasteiger partial charge < -0.3 is 4.42 Å². The Kier molecular flexibility index (Phi) is 5.23. The van der Waals surface area contributed by atoms with Crippen LogP contribution in [0.5, 0.6) is 0 Å². The molecule has 0 bridgehead atoms. The number of aldehydes is 1. The number of carbonyl (C=O) groups excluding carboxylic acids is 1. The van der Waals surface area contributed by atoms with E-state index in [0.29, 0.717) is 12.0 Å². The largest absolute Gasteiger partial charge is 0.440 e. The predicted molar refractivity (Wildman–Crippen MR) is 66.9 cm³/mol. The lowest BCUT2D eigenvalue weighted by Gasteiger charge is -2.11. The lowest BCUT2D eigenvalue weighted by atomic mass is 10.4. The van der Waals surface area contributed by atoms with E-state index < -0.39 is 10.0 Å². The molecule has 0 amide bonds. The van der Waals surface area contributed by atoms with E-state index in [0.717, 1.165) is 5.75 Å². The first-order valence-corrected chi connectivity index (χ1v) is 7.78. The van der Waals surface area contributed by atoms with Gasteiger partial charge >= 0.3 is 0 Å². The van der Waals surface area contributed by atoms with Crippen LogP contribution in [-0.4, -0.2) is 32.3 Å². The minimum absolute atomic E-state index is 0.000890. The lowest BCUT2D eigenvalue weighted by molar-refractivity contribution is 0.109. The summed E-state index contributed by atoms with van der Waals surface area (Å²) >= 11 is 1.65. The molecule has 1 unspecified atom stereocenters. The van der Waals surface area contributed by atoms with E-state index in [2.05, 4.69) is 4.72 Å². The molecule has 0 saturated carbocycles. The highest BCUT2D eigenvalue weighted by Gasteiger charge is 2.21. The Labute approximate surface area is 105 Å². The molecule has 1 aromatic rings. The smallest absolute Gasteiger partial charge is 0.274 e. The second kappa shape index (κ2) is 6.23. The zero-order valence-corrected chi connectivity index (χ0v) is 11.3. The van der Waals surface area contributed by atoms with Gasteiger partial charge in [0.15, 0.2) is 12.0 Å². The molecular formula is C10H15NO4S2. The van der Waals surface area contributed by atoms with Crippen molar-refractivity contribution in [2.75, 3.05) is 11.5 Å². The van der Waals surface area contributed by atoms with Crippen molar-refractivity contribution in [2.24, 2.45) is 0 Å². The third kappa shape index (κ3) is 4.18. The quantitative estimate of drug-likeness (QED) is 0.765. The van der Waals surface area contributed by atoms with Gasteiger partial charge in [0, 0.05) is 11.8 Å². The van der Waals surface area contributed by atoms with Crippen molar-refractivity contribution in [3.8, 4) is 0 Å². The Morgan fingerprint density at radius 2 is 2.24 bits per heavy atom. The standard InChI is InChI=1S/C10H15NO4S2/c1-3-16-7-8(2)11-17(13,14)10-5-4-9(6-12)15-10/h4-6,8,11H,3,7H2,1-2H3. The van der Waals surface area contributed by atoms with Gasteiger partial charge in [0.05, 0.1) is 0 Å². The van der Waals surface area contributed by atoms with Crippen LogP contribution in [0.4, 0.5) is 0 Å². The van der Waals surface area contributed by atoms with Crippen LogP contribution < -0.4 is 4.72 Å². The predicted octanol–water partition coefficient (Wildman–Crippen LogP) is 1.51. The summed E-state index contributed by atoms with van der Waals surface area (Å²) in [7, 11) is -3.67. The topological polar surface area (TPSA) is 76.4 Å². The van der Waals surface area contributed by atoms with E-state index >= 15 is 0 Å². The molecule has 96 valence electrons. The highest BCUT2D eigenvalue weighted by atomic mass is 32.2. The second-order valence-corrected chi connectivity index (χ2v) is 6.42. The van der Waals surface area contributed by atoms with Crippen LogP contribution >= 0.6 is 11.8 Å². The molecule has 0 saturated heterocycles. The van der Waals surface area contributed by atoms with Crippen LogP contribution in [0.1, 0.15) is 24.4 Å². The Balaban J connectivity index is 2.71. The van der Waals surface area contributed by atoms with Crippen LogP contribution in [0.2, 0.25) is 0 Å². The molecule has 1 atom stereocenters. The number of hydrogen-bond donors (Lipinski definition) is 1. The summed E-state index contributed by atoms with van der Waals surface area (Å²) in [6.07, 6.45) is 0.468. The molecular weight excluding hydrogens is 262 g/mol. The maximum atomic E-state index is 11.8. The summed E-state index contributed by atoms with van der Waals surface area (Å²) in [5.41, 5.74) is 0. The van der Waals surface area contributed by atoms with Crippen LogP contribution in [-0.2, 0) is 10.0 Å². The molecule has 0 aromatic carbocycles. The van der Waals surface area contributed by atoms with Crippen molar-refractivity contribution in [3.63, 3.8) is 0 Å². The fourth-order valence-corrected chi connectivity index (χ4v) is 3.15. The zero-order valence-electron chi connectivity index (χ0n) is 9.67. The van der Waals surface area contributed by atoms with Crippen LogP contribution in [0.25, 0.3) is 0 Å². The number of sulfonamides is 1. The molecule has 1 N–H and O–H groups in total. The SMILES string of the molecule is CCSCC(C)NS(=O)(=O)c1ccc(C=O)o1. The van der Waals surface area contributed by atoms with Gasteiger partial charge in [-0.05, 0) is 24.8 Å². The molecule has 0 fully saturated rings. The summed E-state index contributed by atoms with van der Waals surface area (Å²) in [5.74, 6) is 1.62. The van der Waals surface area contributed by atoms with E-state index in [4.69, 9.17) is 4.42 Å². The summed E-state index contributed by atoms with van der Waals surface area (Å²) in [6.45, 7) is 3.79. The Bertz CT molecular complexity index is 466. The summed E-state index contributed by atoms with van der Waals surface area (Å²) in [5, 5.41) is -0.229. The van der Waals surface area contributed by atoms with Crippen molar-refractivity contribution >= 4 is 28.1 Å². The van der Waals surface area contributed by atoms with Crippen LogP contribution in [0, 0.1) is 0 Å². The summed E-state index contributed by atoms with van der Waals surface area (Å²) in [4.78, 5) is 10.4. The Morgan fingerprint density at radius 3 is 2.76 bits per heavy atom. The first-order valence-electron chi connectivity index (χ1n) is 5.14. The van der Waals surface area contributed by atoms with E-state index in [1.807, 2.05) is 6.92 Å². The molecule has 7 heteroatoms. The van der Waals surface area contributed by atoms with E-state index in [-0.39, 0.29) is 16.9 Å². The first-order chi connectivity index (χ1) is 7.99. The molecule has 5 nitrogen and oxygen atoms in total. The van der Waals surface area contributed by atoms with Crippen molar-refractivity contribution in [2.45, 2.75) is 25.0 Å². The Morgan fingerprint density at radius 1 is 1.53 bits per heavy atom. The van der Waals surface area contributed by atoms with Gasteiger partial charge in [-0.25, -0.2) is 13.1 Å². The number of hydrogen-bond acceptors (Lipinski definition) is 5. The van der Waals surface area contributed by atoms with Crippen molar-refractivity contribution < 1.29 is 17.6 Å². The van der Waals surface area contributed by atoms with Crippen LogP contribution in [0.3, 0.4) is 0 Å². The molecule has 0 radical (unpaired) electrons. The van der Waals surface area contributed by atoms with Gasteiger partial charge in [0.25, 0.3) is 10.0 Å². The Hall–Kier alpha value is -0.790. The summed E-state index contributed by atoms with van der Waals surface area (Å²) < 4.78 is 31.0. The lowest BCUT2D eigenvalue weighted by Crippen LogP contribution is -2.34. The number of nitrogens with one attached hydrogen (secondary N) is 1. The van der Waals surface area contributed by atoms with E-state index in [1.54, 1.807) is 18.7 Å². The van der Waals surface area contributed by atoms with Gasteiger partial charge in [-0.3, -0.25) is 4.79 Å². The maximum absolute atomic E-state index is 11.8. The first kappa shape index (κ1) is 14.3. The fraction of sp³-hybridized carbons (Fsp3) is 0.500. The minimum atomic E-state index is -3.67.